The number of rotatable bonds is 8. The van der Waals surface area contributed by atoms with Crippen molar-refractivity contribution >= 4 is 23.0 Å². The average Bonchev–Trinajstić information content (AvgIpc) is 3.04. The number of amides is 1. The van der Waals surface area contributed by atoms with E-state index in [0.29, 0.717) is 24.5 Å². The van der Waals surface area contributed by atoms with Crippen molar-refractivity contribution in [2.24, 2.45) is 10.7 Å². The fraction of sp³-hybridized carbons (Fsp3) is 0.364. The third kappa shape index (κ3) is 4.02. The molecule has 6 heteroatoms. The molecule has 3 N–H and O–H groups in total. The van der Waals surface area contributed by atoms with Crippen LogP contribution in [0.5, 0.6) is 11.5 Å². The number of hydrogen-bond acceptors (Lipinski definition) is 5. The molecule has 1 aliphatic heterocycles. The van der Waals surface area contributed by atoms with E-state index < -0.39 is 5.92 Å². The highest BCUT2D eigenvalue weighted by atomic mass is 16.5. The summed E-state index contributed by atoms with van der Waals surface area (Å²) in [5, 5.41) is 2.94. The Bertz CT molecular complexity index is 875. The number of methoxy groups -OCH3 is 2. The summed E-state index contributed by atoms with van der Waals surface area (Å²) in [6, 6.07) is 11.8. The standard InChI is InChI=1S/C22H27N3O3/c1-4-17(24-15-9-7-14(8-10-15)6-5-11-23)21-16-12-19(27-2)20(28-3)13-18(16)25-22(21)26/h7-10,12-13,21H,4-6,11,23H2,1-3H3,(H,25,26). The molecule has 1 atom stereocenters. The smallest absolute Gasteiger partial charge is 0.237 e. The molecule has 0 spiro atoms. The van der Waals surface area contributed by atoms with Crippen LogP contribution in [-0.2, 0) is 11.2 Å². The normalized spacial score (nSPS) is 15.9. The second-order valence-corrected chi connectivity index (χ2v) is 6.73. The highest BCUT2D eigenvalue weighted by Crippen LogP contribution is 2.42. The van der Waals surface area contributed by atoms with Crippen molar-refractivity contribution in [2.45, 2.75) is 32.1 Å². The van der Waals surface area contributed by atoms with Gasteiger partial charge in [0.1, 0.15) is 5.92 Å². The summed E-state index contributed by atoms with van der Waals surface area (Å²) in [5.74, 6) is 0.676. The molecule has 1 amide bonds. The van der Waals surface area contributed by atoms with Gasteiger partial charge in [-0.15, -0.1) is 0 Å². The predicted molar refractivity (Wildman–Crippen MR) is 112 cm³/mol. The molecule has 0 saturated carbocycles. The van der Waals surface area contributed by atoms with E-state index in [0.717, 1.165) is 35.5 Å². The van der Waals surface area contributed by atoms with E-state index in [4.69, 9.17) is 20.2 Å². The summed E-state index contributed by atoms with van der Waals surface area (Å²) < 4.78 is 10.7. The van der Waals surface area contributed by atoms with Crippen LogP contribution in [0, 0.1) is 0 Å². The maximum absolute atomic E-state index is 12.7. The van der Waals surface area contributed by atoms with E-state index in [9.17, 15) is 4.79 Å². The van der Waals surface area contributed by atoms with E-state index in [2.05, 4.69) is 17.4 Å². The number of hydrogen-bond donors (Lipinski definition) is 2. The molecule has 3 rings (SSSR count). The summed E-state index contributed by atoms with van der Waals surface area (Å²) in [6.45, 7) is 2.70. The number of fused-ring (bicyclic) bond motifs is 1. The lowest BCUT2D eigenvalue weighted by Gasteiger charge is -2.14. The van der Waals surface area contributed by atoms with Gasteiger partial charge in [0, 0.05) is 17.5 Å². The van der Waals surface area contributed by atoms with Gasteiger partial charge in [-0.1, -0.05) is 19.1 Å². The molecular formula is C22H27N3O3. The molecule has 1 aliphatic rings. The molecule has 1 unspecified atom stereocenters. The quantitative estimate of drug-likeness (QED) is 0.681. The van der Waals surface area contributed by atoms with E-state index in [1.807, 2.05) is 25.1 Å². The third-order valence-electron chi connectivity index (χ3n) is 4.96. The molecule has 28 heavy (non-hydrogen) atoms. The van der Waals surface area contributed by atoms with Crippen molar-refractivity contribution in [1.82, 2.24) is 0 Å². The van der Waals surface area contributed by atoms with E-state index >= 15 is 0 Å². The van der Waals surface area contributed by atoms with Crippen LogP contribution >= 0.6 is 0 Å². The summed E-state index contributed by atoms with van der Waals surface area (Å²) in [4.78, 5) is 17.5. The Morgan fingerprint density at radius 1 is 1.14 bits per heavy atom. The Kier molecular flexibility index (Phi) is 6.31. The highest BCUT2D eigenvalue weighted by molar-refractivity contribution is 6.19. The first kappa shape index (κ1) is 19.9. The first-order valence-corrected chi connectivity index (χ1v) is 9.54. The van der Waals surface area contributed by atoms with Gasteiger partial charge < -0.3 is 20.5 Å². The zero-order chi connectivity index (χ0) is 20.1. The Morgan fingerprint density at radius 3 is 2.43 bits per heavy atom. The van der Waals surface area contributed by atoms with E-state index in [1.54, 1.807) is 20.3 Å². The zero-order valence-electron chi connectivity index (χ0n) is 16.6. The molecule has 0 saturated heterocycles. The molecule has 2 aromatic carbocycles. The van der Waals surface area contributed by atoms with Gasteiger partial charge in [0.2, 0.25) is 5.91 Å². The number of nitrogens with zero attached hydrogens (tertiary/aromatic N) is 1. The zero-order valence-corrected chi connectivity index (χ0v) is 16.6. The number of aryl methyl sites for hydroxylation is 1. The van der Waals surface area contributed by atoms with Crippen molar-refractivity contribution < 1.29 is 14.3 Å². The van der Waals surface area contributed by atoms with Crippen LogP contribution in [0.4, 0.5) is 11.4 Å². The number of ether oxygens (including phenoxy) is 2. The van der Waals surface area contributed by atoms with Gasteiger partial charge in [-0.05, 0) is 55.1 Å². The largest absolute Gasteiger partial charge is 0.493 e. The number of carbonyl (C=O) groups is 1. The Hall–Kier alpha value is -2.86. The Labute approximate surface area is 165 Å². The van der Waals surface area contributed by atoms with Gasteiger partial charge >= 0.3 is 0 Å². The summed E-state index contributed by atoms with van der Waals surface area (Å²) in [6.07, 6.45) is 2.59. The number of benzene rings is 2. The van der Waals surface area contributed by atoms with Crippen LogP contribution < -0.4 is 20.5 Å². The number of carbonyl (C=O) groups excluding carboxylic acids is 1. The average molecular weight is 381 g/mol. The molecule has 0 aliphatic carbocycles. The SMILES string of the molecule is CCC(=Nc1ccc(CCCN)cc1)C1C(=O)Nc2cc(OC)c(OC)cc21. The maximum atomic E-state index is 12.7. The minimum absolute atomic E-state index is 0.0783. The fourth-order valence-electron chi connectivity index (χ4n) is 3.48. The lowest BCUT2D eigenvalue weighted by Crippen LogP contribution is -2.20. The van der Waals surface area contributed by atoms with Crippen LogP contribution in [0.3, 0.4) is 0 Å². The van der Waals surface area contributed by atoms with Crippen molar-refractivity contribution in [3.63, 3.8) is 0 Å². The maximum Gasteiger partial charge on any atom is 0.237 e. The highest BCUT2D eigenvalue weighted by Gasteiger charge is 2.35. The van der Waals surface area contributed by atoms with Gasteiger partial charge in [0.15, 0.2) is 11.5 Å². The van der Waals surface area contributed by atoms with Gasteiger partial charge in [-0.2, -0.15) is 0 Å². The Morgan fingerprint density at radius 2 is 1.82 bits per heavy atom. The van der Waals surface area contributed by atoms with Crippen molar-refractivity contribution in [3.05, 3.63) is 47.5 Å². The lowest BCUT2D eigenvalue weighted by atomic mass is 9.93. The predicted octanol–water partition coefficient (Wildman–Crippen LogP) is 3.81. The first-order chi connectivity index (χ1) is 13.6. The van der Waals surface area contributed by atoms with Crippen molar-refractivity contribution in [3.8, 4) is 11.5 Å². The van der Waals surface area contributed by atoms with E-state index in [-0.39, 0.29) is 5.91 Å². The van der Waals surface area contributed by atoms with Crippen molar-refractivity contribution in [2.75, 3.05) is 26.1 Å². The fourth-order valence-corrected chi connectivity index (χ4v) is 3.48. The monoisotopic (exact) mass is 381 g/mol. The van der Waals surface area contributed by atoms with Crippen LogP contribution in [0.15, 0.2) is 41.4 Å². The number of aliphatic imine (C=N–C) groups is 1. The molecule has 0 bridgehead atoms. The van der Waals surface area contributed by atoms with Gasteiger partial charge in [-0.3, -0.25) is 9.79 Å². The second-order valence-electron chi connectivity index (χ2n) is 6.73. The van der Waals surface area contributed by atoms with E-state index in [1.165, 1.54) is 5.56 Å². The second kappa shape index (κ2) is 8.89. The number of anilines is 1. The summed E-state index contributed by atoms with van der Waals surface area (Å²) in [5.41, 5.74) is 10.1. The summed E-state index contributed by atoms with van der Waals surface area (Å²) in [7, 11) is 3.17. The van der Waals surface area contributed by atoms with Crippen LogP contribution in [0.2, 0.25) is 0 Å². The number of nitrogens with two attached hydrogens (primary N) is 1. The number of nitrogens with one attached hydrogen (secondary N) is 1. The first-order valence-electron chi connectivity index (χ1n) is 9.54. The molecule has 0 aromatic heterocycles. The Balaban J connectivity index is 1.93. The minimum atomic E-state index is -0.434. The third-order valence-corrected chi connectivity index (χ3v) is 4.96. The van der Waals surface area contributed by atoms with Crippen molar-refractivity contribution in [1.29, 1.82) is 0 Å². The van der Waals surface area contributed by atoms with Crippen LogP contribution in [0.1, 0.15) is 36.8 Å². The molecule has 148 valence electrons. The molecule has 0 radical (unpaired) electrons. The van der Waals surface area contributed by atoms with Crippen LogP contribution in [0.25, 0.3) is 0 Å². The van der Waals surface area contributed by atoms with Gasteiger partial charge in [0.25, 0.3) is 0 Å². The molecule has 2 aromatic rings. The lowest BCUT2D eigenvalue weighted by molar-refractivity contribution is -0.115. The molecular weight excluding hydrogens is 354 g/mol. The molecule has 6 nitrogen and oxygen atoms in total. The van der Waals surface area contributed by atoms with Gasteiger partial charge in [0.05, 0.1) is 19.9 Å². The molecule has 1 heterocycles. The minimum Gasteiger partial charge on any atom is -0.493 e. The molecule has 0 fully saturated rings. The summed E-state index contributed by atoms with van der Waals surface area (Å²) >= 11 is 0. The van der Waals surface area contributed by atoms with Gasteiger partial charge in [-0.25, -0.2) is 0 Å². The van der Waals surface area contributed by atoms with Crippen LogP contribution in [-0.4, -0.2) is 32.4 Å². The topological polar surface area (TPSA) is 85.9 Å².